The number of pyridine rings is 3. The van der Waals surface area contributed by atoms with Crippen molar-refractivity contribution in [1.82, 2.24) is 39.4 Å². The van der Waals surface area contributed by atoms with Gasteiger partial charge in [0.05, 0.1) is 45.2 Å². The van der Waals surface area contributed by atoms with Crippen molar-refractivity contribution in [3.05, 3.63) is 98.4 Å². The third kappa shape index (κ3) is 20.4. The fourth-order valence-corrected chi connectivity index (χ4v) is 8.32. The number of halogens is 3. The number of hydrogen-bond acceptors (Lipinski definition) is 17. The quantitative estimate of drug-likeness (QED) is 0.106. The first-order valence-corrected chi connectivity index (χ1v) is 26.4. The van der Waals surface area contributed by atoms with Crippen LogP contribution in [0.5, 0.6) is 0 Å². The maximum absolute atomic E-state index is 13.1. The molecule has 79 heavy (non-hydrogen) atoms. The van der Waals surface area contributed by atoms with Crippen LogP contribution in [-0.4, -0.2) is 175 Å². The summed E-state index contributed by atoms with van der Waals surface area (Å²) in [6, 6.07) is 20.2. The number of carboxylic acid groups (broad SMARTS) is 1. The van der Waals surface area contributed by atoms with Gasteiger partial charge < -0.3 is 55.8 Å². The molecule has 3 fully saturated rings. The number of aromatic nitrogens is 5. The molecule has 5 aromatic rings. The highest BCUT2D eigenvalue weighted by molar-refractivity contribution is 9.11. The van der Waals surface area contributed by atoms with Crippen molar-refractivity contribution in [2.24, 2.45) is 5.73 Å². The fraction of sp³-hybridized carbons (Fsp3) is 0.431. The van der Waals surface area contributed by atoms with Gasteiger partial charge in [0.15, 0.2) is 11.7 Å². The van der Waals surface area contributed by atoms with Crippen molar-refractivity contribution in [2.75, 3.05) is 75.6 Å². The second-order valence-electron chi connectivity index (χ2n) is 19.0. The summed E-state index contributed by atoms with van der Waals surface area (Å²) in [7, 11) is 0. The molecule has 3 atom stereocenters. The minimum Gasteiger partial charge on any atom is -0.480 e. The minimum atomic E-state index is -1.08. The third-order valence-corrected chi connectivity index (χ3v) is 12.0. The lowest BCUT2D eigenvalue weighted by atomic mass is 10.2. The van der Waals surface area contributed by atoms with Gasteiger partial charge in [-0.05, 0) is 132 Å². The summed E-state index contributed by atoms with van der Waals surface area (Å²) in [5.74, 6) is -1.53. The van der Waals surface area contributed by atoms with E-state index in [9.17, 15) is 33.6 Å². The Kier molecular flexibility index (Phi) is 24.5. The van der Waals surface area contributed by atoms with Crippen LogP contribution in [0.3, 0.4) is 0 Å². The zero-order valence-electron chi connectivity index (χ0n) is 43.5. The molecular weight excluding hydrogens is 1230 g/mol. The van der Waals surface area contributed by atoms with Gasteiger partial charge in [0.2, 0.25) is 5.91 Å². The molecule has 25 nitrogen and oxygen atoms in total. The van der Waals surface area contributed by atoms with Crippen molar-refractivity contribution in [2.45, 2.75) is 84.8 Å². The first-order chi connectivity index (χ1) is 36.8. The normalized spacial score (nSPS) is 17.1. The number of morpholine rings is 3. The van der Waals surface area contributed by atoms with Crippen LogP contribution < -0.4 is 22.1 Å². The van der Waals surface area contributed by atoms with Crippen molar-refractivity contribution < 1.29 is 62.4 Å². The van der Waals surface area contributed by atoms with Gasteiger partial charge in [-0.25, -0.2) is 29.3 Å². The van der Waals surface area contributed by atoms with Gasteiger partial charge >= 0.3 is 18.2 Å². The fourth-order valence-electron chi connectivity index (χ4n) is 7.27. The van der Waals surface area contributed by atoms with Gasteiger partial charge in [0, 0.05) is 25.0 Å². The van der Waals surface area contributed by atoms with Gasteiger partial charge in [0.25, 0.3) is 17.7 Å². The van der Waals surface area contributed by atoms with Crippen LogP contribution in [-0.2, 0) is 49.4 Å². The first kappa shape index (κ1) is 64.7. The van der Waals surface area contributed by atoms with Gasteiger partial charge in [-0.2, -0.15) is 5.10 Å². The molecule has 0 bridgehead atoms. The van der Waals surface area contributed by atoms with E-state index < -0.39 is 59.3 Å². The van der Waals surface area contributed by atoms with Crippen molar-refractivity contribution >= 4 is 118 Å². The Morgan fingerprint density at radius 3 is 1.49 bits per heavy atom. The molecule has 7 N–H and O–H groups in total. The Morgan fingerprint density at radius 1 is 0.633 bits per heavy atom. The van der Waals surface area contributed by atoms with Gasteiger partial charge in [-0.3, -0.25) is 33.7 Å². The second kappa shape index (κ2) is 29.9. The number of nitrogens with zero attached hydrogens (tertiary/aromatic N) is 8. The molecule has 0 aliphatic carbocycles. The van der Waals surface area contributed by atoms with E-state index in [-0.39, 0.29) is 64.4 Å². The van der Waals surface area contributed by atoms with Crippen LogP contribution in [0.2, 0.25) is 0 Å². The highest BCUT2D eigenvalue weighted by Gasteiger charge is 2.38. The second-order valence-corrected chi connectivity index (χ2v) is 21.4. The molecule has 4 aromatic heterocycles. The molecule has 1 aromatic carbocycles. The lowest BCUT2D eigenvalue weighted by Crippen LogP contribution is -2.55. The molecule has 3 saturated heterocycles. The molecular formula is C51H65Br3N12O13. The van der Waals surface area contributed by atoms with E-state index in [2.05, 4.69) is 78.5 Å². The average Bonchev–Trinajstić information content (AvgIpc) is 3.79. The number of nitrogens with two attached hydrogens (primary N) is 2. The summed E-state index contributed by atoms with van der Waals surface area (Å²) in [6.07, 6.45) is -1.13. The van der Waals surface area contributed by atoms with Crippen molar-refractivity contribution in [3.8, 4) is 0 Å². The lowest BCUT2D eigenvalue weighted by molar-refractivity contribution is -0.149. The predicted molar refractivity (Wildman–Crippen MR) is 302 cm³/mol. The zero-order valence-corrected chi connectivity index (χ0v) is 48.3. The molecule has 8 rings (SSSR count). The van der Waals surface area contributed by atoms with Crippen LogP contribution in [0.4, 0.5) is 27.0 Å². The SMILES string of the molecule is C.CC(C)(C)OC(=O)N1CCOC[C@H]1C(=O)Nc1cccc(Br)n1.CC(C)(C)OC(=O)N1CCOC[C@H]1C(=O)O.NC(=O)c1nn(CC(=O)N2CCOC[C@H]2C(=O)Nc2cccc(Br)n2)c2ccccc12.Nc1cccc(Br)n1. The lowest BCUT2D eigenvalue weighted by Gasteiger charge is -2.35. The molecule has 0 saturated carbocycles. The molecule has 0 unspecified atom stereocenters. The number of nitrogens with one attached hydrogen (secondary N) is 2. The molecule has 0 spiro atoms. The standard InChI is InChI=1S/C20H19BrN6O4.C15H20BrN3O4.C10H17NO5.C5H5BrN2.CH4/c21-15-6-3-7-16(23-15)24-20(30)14-11-31-9-8-26(14)17(28)10-27-13-5-2-1-4-12(13)18(25-27)19(22)29;1-15(2,3)23-14(21)19-7-8-22-9-10(19)13(20)18-12-6-4-5-11(16)17-12;1-10(2,3)16-9(14)11-4-5-15-6-7(11)8(12)13;6-4-2-1-3-5(7)8-4;/h1-7,14H,8-11H2,(H2,22,29)(H,23,24,30);4-6,10H,7-9H2,1-3H3,(H,17,18,20);7H,4-6H2,1-3H3,(H,12,13);1-3H,(H2,7,8);1H4/t14-;10-;7-;;/m000../s1. The number of rotatable bonds is 8. The number of ether oxygens (including phenoxy) is 5. The number of nitrogen functional groups attached to an aromatic ring is 1. The summed E-state index contributed by atoms with van der Waals surface area (Å²) in [6.45, 7) is 12.4. The number of amides is 6. The molecule has 428 valence electrons. The van der Waals surface area contributed by atoms with E-state index in [1.165, 1.54) is 19.4 Å². The van der Waals surface area contributed by atoms with E-state index in [1.54, 1.807) is 108 Å². The summed E-state index contributed by atoms with van der Waals surface area (Å²) < 4.78 is 29.7. The average molecular weight is 1290 g/mol. The van der Waals surface area contributed by atoms with E-state index in [0.717, 1.165) is 4.60 Å². The number of fused-ring (bicyclic) bond motifs is 1. The third-order valence-electron chi connectivity index (χ3n) is 10.7. The number of aliphatic carboxylic acids is 1. The van der Waals surface area contributed by atoms with Crippen LogP contribution in [0.15, 0.2) is 92.7 Å². The number of benzene rings is 1. The maximum atomic E-state index is 13.1. The Balaban J connectivity index is 0.000000247. The minimum absolute atomic E-state index is 0. The zero-order chi connectivity index (χ0) is 57.3. The van der Waals surface area contributed by atoms with E-state index in [1.807, 2.05) is 12.1 Å². The topological polar surface area (TPSA) is 328 Å². The number of hydrogen-bond donors (Lipinski definition) is 5. The monoisotopic (exact) mass is 1290 g/mol. The summed E-state index contributed by atoms with van der Waals surface area (Å²) >= 11 is 9.67. The number of carboxylic acids is 1. The van der Waals surface area contributed by atoms with Crippen LogP contribution >= 0.6 is 47.8 Å². The summed E-state index contributed by atoms with van der Waals surface area (Å²) in [5, 5.41) is 19.1. The predicted octanol–water partition coefficient (Wildman–Crippen LogP) is 6.35. The van der Waals surface area contributed by atoms with Crippen LogP contribution in [0.1, 0.15) is 59.5 Å². The smallest absolute Gasteiger partial charge is 0.411 e. The number of para-hydroxylation sites is 1. The summed E-state index contributed by atoms with van der Waals surface area (Å²) in [4.78, 5) is 101. The van der Waals surface area contributed by atoms with E-state index >= 15 is 0 Å². The number of carbonyl (C=O) groups excluding carboxylic acids is 6. The van der Waals surface area contributed by atoms with Crippen molar-refractivity contribution in [3.63, 3.8) is 0 Å². The summed E-state index contributed by atoms with van der Waals surface area (Å²) in [5.41, 5.74) is 10.2. The molecule has 7 heterocycles. The van der Waals surface area contributed by atoms with E-state index in [4.69, 9.17) is 40.3 Å². The molecule has 3 aliphatic heterocycles. The van der Waals surface area contributed by atoms with E-state index in [0.29, 0.717) is 63.9 Å². The number of primary amides is 1. The Hall–Kier alpha value is -6.85. The van der Waals surface area contributed by atoms with Crippen molar-refractivity contribution in [1.29, 1.82) is 0 Å². The highest BCUT2D eigenvalue weighted by atomic mass is 79.9. The highest BCUT2D eigenvalue weighted by Crippen LogP contribution is 2.21. The molecule has 3 aliphatic rings. The first-order valence-electron chi connectivity index (χ1n) is 24.0. The molecule has 0 radical (unpaired) electrons. The van der Waals surface area contributed by atoms with Gasteiger partial charge in [0.1, 0.15) is 61.1 Å². The Bertz CT molecular complexity index is 2900. The number of carbonyl (C=O) groups is 7. The Morgan fingerprint density at radius 2 is 1.06 bits per heavy atom. The Labute approximate surface area is 481 Å². The molecule has 28 heteroatoms. The van der Waals surface area contributed by atoms with Crippen LogP contribution in [0.25, 0.3) is 10.9 Å². The molecule has 6 amide bonds. The van der Waals surface area contributed by atoms with Crippen LogP contribution in [0, 0.1) is 0 Å². The van der Waals surface area contributed by atoms with Gasteiger partial charge in [-0.1, -0.05) is 43.8 Å². The largest absolute Gasteiger partial charge is 0.480 e. The van der Waals surface area contributed by atoms with Gasteiger partial charge in [-0.15, -0.1) is 0 Å². The number of anilines is 3. The maximum Gasteiger partial charge on any atom is 0.411 e.